The van der Waals surface area contributed by atoms with Crippen LogP contribution in [0.4, 0.5) is 0 Å². The van der Waals surface area contributed by atoms with Crippen LogP contribution in [0.5, 0.6) is 0 Å². The predicted molar refractivity (Wildman–Crippen MR) is 56.8 cm³/mol. The van der Waals surface area contributed by atoms with E-state index in [1.807, 2.05) is 11.8 Å². The van der Waals surface area contributed by atoms with E-state index in [0.29, 0.717) is 12.6 Å². The van der Waals surface area contributed by atoms with Crippen LogP contribution in [0.15, 0.2) is 6.33 Å². The van der Waals surface area contributed by atoms with Gasteiger partial charge in [0.2, 0.25) is 0 Å². The third kappa shape index (κ3) is 2.57. The summed E-state index contributed by atoms with van der Waals surface area (Å²) in [6.07, 6.45) is 3.70. The van der Waals surface area contributed by atoms with Crippen LogP contribution >= 0.6 is 0 Å². The van der Waals surface area contributed by atoms with E-state index in [0.717, 1.165) is 25.2 Å². The number of carboxylic acids is 1. The Bertz CT molecular complexity index is 373. The number of hydrogen-bond acceptors (Lipinski definition) is 4. The lowest BCUT2D eigenvalue weighted by atomic mass is 10.4. The minimum absolute atomic E-state index is 0.0846. The fourth-order valence-electron chi connectivity index (χ4n) is 1.78. The van der Waals surface area contributed by atoms with Crippen molar-refractivity contribution < 1.29 is 9.90 Å². The van der Waals surface area contributed by atoms with Gasteiger partial charge in [0.1, 0.15) is 12.2 Å². The Kier molecular flexibility index (Phi) is 3.19. The monoisotopic (exact) mass is 224 g/mol. The molecule has 1 heterocycles. The van der Waals surface area contributed by atoms with Gasteiger partial charge in [0.25, 0.3) is 0 Å². The van der Waals surface area contributed by atoms with Gasteiger partial charge in [-0.05, 0) is 19.8 Å². The molecule has 1 aromatic rings. The molecule has 1 aliphatic rings. The lowest BCUT2D eigenvalue weighted by Gasteiger charge is -2.18. The molecule has 0 atom stereocenters. The molecule has 1 aliphatic carbocycles. The normalized spacial score (nSPS) is 15.6. The zero-order valence-electron chi connectivity index (χ0n) is 9.33. The number of hydrogen-bond donors (Lipinski definition) is 1. The van der Waals surface area contributed by atoms with Crippen molar-refractivity contribution in [3.05, 3.63) is 12.2 Å². The summed E-state index contributed by atoms with van der Waals surface area (Å²) in [7, 11) is 0. The first-order valence-corrected chi connectivity index (χ1v) is 5.53. The van der Waals surface area contributed by atoms with Crippen molar-refractivity contribution in [1.82, 2.24) is 19.7 Å². The van der Waals surface area contributed by atoms with Crippen LogP contribution in [0.25, 0.3) is 0 Å². The van der Waals surface area contributed by atoms with E-state index in [9.17, 15) is 4.79 Å². The van der Waals surface area contributed by atoms with E-state index in [1.165, 1.54) is 6.33 Å². The van der Waals surface area contributed by atoms with Crippen molar-refractivity contribution in [2.45, 2.75) is 38.9 Å². The molecule has 6 heteroatoms. The summed E-state index contributed by atoms with van der Waals surface area (Å²) in [5.41, 5.74) is 0. The number of aliphatic carboxylic acids is 1. The molecule has 0 aliphatic heterocycles. The van der Waals surface area contributed by atoms with Crippen LogP contribution in [0, 0.1) is 0 Å². The number of nitrogens with zero attached hydrogens (tertiary/aromatic N) is 4. The molecule has 0 bridgehead atoms. The minimum Gasteiger partial charge on any atom is -0.480 e. The van der Waals surface area contributed by atoms with Gasteiger partial charge in [-0.1, -0.05) is 0 Å². The number of carboxylic acid groups (broad SMARTS) is 1. The highest BCUT2D eigenvalue weighted by Crippen LogP contribution is 2.27. The van der Waals surface area contributed by atoms with Crippen LogP contribution in [0.1, 0.15) is 25.6 Å². The Morgan fingerprint density at radius 1 is 1.69 bits per heavy atom. The second-order valence-corrected chi connectivity index (χ2v) is 4.02. The van der Waals surface area contributed by atoms with Crippen LogP contribution in [-0.4, -0.2) is 43.3 Å². The molecule has 0 radical (unpaired) electrons. The van der Waals surface area contributed by atoms with Crippen molar-refractivity contribution in [3.63, 3.8) is 0 Å². The van der Waals surface area contributed by atoms with E-state index in [2.05, 4.69) is 10.1 Å². The highest BCUT2D eigenvalue weighted by molar-refractivity contribution is 5.69. The Balaban J connectivity index is 2.02. The summed E-state index contributed by atoms with van der Waals surface area (Å²) in [4.78, 5) is 16.9. The van der Waals surface area contributed by atoms with Gasteiger partial charge in [0.05, 0.1) is 13.1 Å². The predicted octanol–water partition coefficient (Wildman–Crippen LogP) is 0.347. The molecule has 0 saturated heterocycles. The molecule has 0 aromatic carbocycles. The SMILES string of the molecule is CCn1ncnc1CN(CC(=O)O)C1CC1. The van der Waals surface area contributed by atoms with E-state index in [1.54, 1.807) is 4.68 Å². The van der Waals surface area contributed by atoms with Crippen molar-refractivity contribution in [3.8, 4) is 0 Å². The van der Waals surface area contributed by atoms with Crippen LogP contribution in [0.2, 0.25) is 0 Å². The summed E-state index contributed by atoms with van der Waals surface area (Å²) in [5, 5.41) is 12.9. The largest absolute Gasteiger partial charge is 0.480 e. The fraction of sp³-hybridized carbons (Fsp3) is 0.700. The fourth-order valence-corrected chi connectivity index (χ4v) is 1.78. The highest BCUT2D eigenvalue weighted by atomic mass is 16.4. The van der Waals surface area contributed by atoms with Gasteiger partial charge in [-0.25, -0.2) is 9.67 Å². The molecule has 1 N–H and O–H groups in total. The molecular formula is C10H16N4O2. The number of aryl methyl sites for hydroxylation is 1. The Hall–Kier alpha value is -1.43. The van der Waals surface area contributed by atoms with Gasteiger partial charge in [0.15, 0.2) is 0 Å². The molecule has 2 rings (SSSR count). The van der Waals surface area contributed by atoms with Crippen LogP contribution in [-0.2, 0) is 17.9 Å². The lowest BCUT2D eigenvalue weighted by Crippen LogP contribution is -2.32. The van der Waals surface area contributed by atoms with Crippen molar-refractivity contribution >= 4 is 5.97 Å². The maximum absolute atomic E-state index is 10.7. The van der Waals surface area contributed by atoms with Gasteiger partial charge in [-0.3, -0.25) is 9.69 Å². The van der Waals surface area contributed by atoms with Crippen molar-refractivity contribution in [2.75, 3.05) is 6.54 Å². The highest BCUT2D eigenvalue weighted by Gasteiger charge is 2.31. The third-order valence-electron chi connectivity index (χ3n) is 2.74. The molecule has 1 aromatic heterocycles. The molecule has 0 unspecified atom stereocenters. The van der Waals surface area contributed by atoms with Crippen LogP contribution in [0.3, 0.4) is 0 Å². The first-order chi connectivity index (χ1) is 7.70. The van der Waals surface area contributed by atoms with E-state index in [4.69, 9.17) is 5.11 Å². The molecule has 16 heavy (non-hydrogen) atoms. The summed E-state index contributed by atoms with van der Waals surface area (Å²) in [6, 6.07) is 0.415. The minimum atomic E-state index is -0.783. The maximum Gasteiger partial charge on any atom is 0.317 e. The lowest BCUT2D eigenvalue weighted by molar-refractivity contribution is -0.138. The number of aromatic nitrogens is 3. The molecule has 6 nitrogen and oxygen atoms in total. The molecule has 1 fully saturated rings. The summed E-state index contributed by atoms with van der Waals surface area (Å²) < 4.78 is 1.80. The molecule has 88 valence electrons. The summed E-state index contributed by atoms with van der Waals surface area (Å²) >= 11 is 0. The Morgan fingerprint density at radius 3 is 3.00 bits per heavy atom. The van der Waals surface area contributed by atoms with Gasteiger partial charge in [0, 0.05) is 12.6 Å². The molecular weight excluding hydrogens is 208 g/mol. The molecule has 1 saturated carbocycles. The van der Waals surface area contributed by atoms with Gasteiger partial charge in [-0.15, -0.1) is 0 Å². The smallest absolute Gasteiger partial charge is 0.317 e. The first kappa shape index (κ1) is 11.1. The van der Waals surface area contributed by atoms with Gasteiger partial charge in [-0.2, -0.15) is 5.10 Å². The zero-order valence-corrected chi connectivity index (χ0v) is 9.33. The average molecular weight is 224 g/mol. The Morgan fingerprint density at radius 2 is 2.44 bits per heavy atom. The van der Waals surface area contributed by atoms with Crippen LogP contribution < -0.4 is 0 Å². The van der Waals surface area contributed by atoms with E-state index >= 15 is 0 Å². The number of carbonyl (C=O) groups is 1. The molecule has 0 spiro atoms. The van der Waals surface area contributed by atoms with Gasteiger partial charge < -0.3 is 5.11 Å². The van der Waals surface area contributed by atoms with Crippen molar-refractivity contribution in [1.29, 1.82) is 0 Å². The average Bonchev–Trinajstić information content (AvgIpc) is 2.98. The maximum atomic E-state index is 10.7. The Labute approximate surface area is 93.9 Å². The number of rotatable bonds is 6. The second-order valence-electron chi connectivity index (χ2n) is 4.02. The quantitative estimate of drug-likeness (QED) is 0.754. The molecule has 0 amide bonds. The third-order valence-corrected chi connectivity index (χ3v) is 2.74. The van der Waals surface area contributed by atoms with E-state index < -0.39 is 5.97 Å². The van der Waals surface area contributed by atoms with E-state index in [-0.39, 0.29) is 6.54 Å². The summed E-state index contributed by atoms with van der Waals surface area (Å²) in [5.74, 6) is 0.0603. The topological polar surface area (TPSA) is 71.2 Å². The summed E-state index contributed by atoms with van der Waals surface area (Å²) in [6.45, 7) is 3.42. The van der Waals surface area contributed by atoms with Gasteiger partial charge >= 0.3 is 5.97 Å². The first-order valence-electron chi connectivity index (χ1n) is 5.53. The second kappa shape index (κ2) is 4.61. The standard InChI is InChI=1S/C10H16N4O2/c1-2-14-9(11-7-12-14)5-13(6-10(15)16)8-3-4-8/h7-8H,2-6H2,1H3,(H,15,16). The van der Waals surface area contributed by atoms with Crippen molar-refractivity contribution in [2.24, 2.45) is 0 Å². The zero-order chi connectivity index (χ0) is 11.5.